The van der Waals surface area contributed by atoms with E-state index in [0.717, 1.165) is 42.1 Å². The van der Waals surface area contributed by atoms with Gasteiger partial charge < -0.3 is 23.7 Å². The van der Waals surface area contributed by atoms with Gasteiger partial charge in [0.1, 0.15) is 10.9 Å². The number of morpholine rings is 1. The van der Waals surface area contributed by atoms with Crippen LogP contribution in [0.4, 0.5) is 5.69 Å². The zero-order valence-electron chi connectivity index (χ0n) is 28.6. The number of benzene rings is 1. The highest BCUT2D eigenvalue weighted by atomic mass is 32.1. The number of thiocarbonyl (C=S) groups is 1. The number of nitrogens with zero attached hydrogens (tertiary/aromatic N) is 4. The number of hydrogen-bond donors (Lipinski definition) is 1. The van der Waals surface area contributed by atoms with Crippen LogP contribution in [0.3, 0.4) is 0 Å². The predicted octanol–water partition coefficient (Wildman–Crippen LogP) is 5.86. The van der Waals surface area contributed by atoms with Crippen LogP contribution in [0, 0.1) is 11.3 Å². The minimum Gasteiger partial charge on any atom is -0.465 e. The summed E-state index contributed by atoms with van der Waals surface area (Å²) in [6.45, 7) is 14.9. The lowest BCUT2D eigenvalue weighted by molar-refractivity contribution is -0.149. The molecule has 0 bridgehead atoms. The van der Waals surface area contributed by atoms with Crippen molar-refractivity contribution in [2.45, 2.75) is 73.0 Å². The Hall–Kier alpha value is -3.54. The van der Waals surface area contributed by atoms with Gasteiger partial charge in [-0.3, -0.25) is 25.0 Å². The SMILES string of the molecule is CCC(=O)N1CCC[C@@H](C(=O)OCC(C)(C)Cc2c(-c3cccnc3[C@H](C)OC)n(CC)c3ccc(N4CCOCC4)cc23)C(=S)N1. The zero-order chi connectivity index (χ0) is 33.7. The fourth-order valence-corrected chi connectivity index (χ4v) is 6.97. The van der Waals surface area contributed by atoms with Crippen molar-refractivity contribution in [3.05, 3.63) is 47.8 Å². The molecule has 2 aliphatic rings. The molecule has 4 heterocycles. The molecule has 1 N–H and O–H groups in total. The summed E-state index contributed by atoms with van der Waals surface area (Å²) in [5.74, 6) is -0.980. The van der Waals surface area contributed by atoms with Crippen LogP contribution >= 0.6 is 12.2 Å². The number of carbonyl (C=O) groups is 2. The molecule has 2 fully saturated rings. The maximum Gasteiger partial charge on any atom is 0.315 e. The van der Waals surface area contributed by atoms with Gasteiger partial charge in [0.05, 0.1) is 37.3 Å². The van der Waals surface area contributed by atoms with Crippen molar-refractivity contribution in [3.63, 3.8) is 0 Å². The first kappa shape index (κ1) is 34.8. The van der Waals surface area contributed by atoms with Gasteiger partial charge in [0.15, 0.2) is 0 Å². The lowest BCUT2D eigenvalue weighted by Crippen LogP contribution is -2.47. The first-order valence-electron chi connectivity index (χ1n) is 16.8. The van der Waals surface area contributed by atoms with Gasteiger partial charge in [0.2, 0.25) is 5.91 Å². The summed E-state index contributed by atoms with van der Waals surface area (Å²) in [6, 6.07) is 10.9. The second kappa shape index (κ2) is 15.1. The van der Waals surface area contributed by atoms with Gasteiger partial charge in [-0.15, -0.1) is 0 Å². The summed E-state index contributed by atoms with van der Waals surface area (Å²) in [5.41, 5.74) is 9.13. The Kier molecular flexibility index (Phi) is 11.2. The summed E-state index contributed by atoms with van der Waals surface area (Å²) < 4.78 is 19.8. The van der Waals surface area contributed by atoms with Crippen molar-refractivity contribution in [2.75, 3.05) is 51.5 Å². The topological polar surface area (TPSA) is 98.2 Å². The Morgan fingerprint density at radius 1 is 1.17 bits per heavy atom. The Labute approximate surface area is 283 Å². The number of methoxy groups -OCH3 is 1. The summed E-state index contributed by atoms with van der Waals surface area (Å²) in [4.78, 5) is 33.2. The fourth-order valence-electron chi connectivity index (χ4n) is 6.65. The number of hydrazine groups is 1. The molecule has 0 unspecified atom stereocenters. The molecule has 2 atom stereocenters. The van der Waals surface area contributed by atoms with E-state index in [4.69, 9.17) is 31.4 Å². The smallest absolute Gasteiger partial charge is 0.315 e. The van der Waals surface area contributed by atoms with Gasteiger partial charge >= 0.3 is 5.97 Å². The number of aromatic nitrogens is 2. The van der Waals surface area contributed by atoms with Gasteiger partial charge in [-0.25, -0.2) is 0 Å². The molecule has 0 saturated carbocycles. The van der Waals surface area contributed by atoms with Crippen LogP contribution < -0.4 is 10.3 Å². The van der Waals surface area contributed by atoms with Crippen molar-refractivity contribution in [3.8, 4) is 11.3 Å². The maximum atomic E-state index is 13.4. The third-order valence-electron chi connectivity index (χ3n) is 9.26. The quantitative estimate of drug-likeness (QED) is 0.200. The van der Waals surface area contributed by atoms with E-state index >= 15 is 0 Å². The zero-order valence-corrected chi connectivity index (χ0v) is 29.5. The molecule has 0 aliphatic carbocycles. The number of fused-ring (bicyclic) bond motifs is 1. The van der Waals surface area contributed by atoms with Crippen LogP contribution in [-0.2, 0) is 36.8 Å². The van der Waals surface area contributed by atoms with Crippen LogP contribution in [0.2, 0.25) is 0 Å². The molecule has 0 radical (unpaired) electrons. The van der Waals surface area contributed by atoms with E-state index in [1.165, 1.54) is 21.6 Å². The molecule has 1 amide bonds. The number of anilines is 1. The van der Waals surface area contributed by atoms with E-state index in [2.05, 4.69) is 59.9 Å². The van der Waals surface area contributed by atoms with E-state index in [0.29, 0.717) is 50.4 Å². The number of aryl methyl sites for hydroxylation is 1. The van der Waals surface area contributed by atoms with E-state index in [9.17, 15) is 9.59 Å². The summed E-state index contributed by atoms with van der Waals surface area (Å²) in [5, 5.41) is 2.70. The molecule has 1 aromatic carbocycles. The van der Waals surface area contributed by atoms with Crippen LogP contribution in [0.15, 0.2) is 36.5 Å². The molecule has 2 saturated heterocycles. The van der Waals surface area contributed by atoms with Gasteiger partial charge in [0.25, 0.3) is 0 Å². The van der Waals surface area contributed by atoms with Crippen LogP contribution in [0.1, 0.15) is 71.2 Å². The van der Waals surface area contributed by atoms with Crippen molar-refractivity contribution in [1.29, 1.82) is 0 Å². The van der Waals surface area contributed by atoms with Crippen LogP contribution in [0.25, 0.3) is 22.2 Å². The molecule has 11 heteroatoms. The van der Waals surface area contributed by atoms with Gasteiger partial charge in [-0.2, -0.15) is 0 Å². The normalized spacial score (nSPS) is 18.2. The monoisotopic (exact) mass is 663 g/mol. The highest BCUT2D eigenvalue weighted by molar-refractivity contribution is 7.80. The molecule has 2 aromatic heterocycles. The minimum absolute atomic E-state index is 0.0435. The highest BCUT2D eigenvalue weighted by Crippen LogP contribution is 2.41. The van der Waals surface area contributed by atoms with E-state index in [-0.39, 0.29) is 24.6 Å². The Morgan fingerprint density at radius 2 is 1.94 bits per heavy atom. The number of amides is 1. The number of rotatable bonds is 11. The van der Waals surface area contributed by atoms with E-state index < -0.39 is 11.3 Å². The molecule has 5 rings (SSSR count). The Bertz CT molecular complexity index is 1600. The van der Waals surface area contributed by atoms with Gasteiger partial charge in [-0.1, -0.05) is 33.0 Å². The summed E-state index contributed by atoms with van der Waals surface area (Å²) >= 11 is 5.56. The van der Waals surface area contributed by atoms with Crippen LogP contribution in [-0.4, -0.2) is 78.0 Å². The second-order valence-electron chi connectivity index (χ2n) is 13.2. The molecule has 2 aliphatic heterocycles. The maximum absolute atomic E-state index is 13.4. The molecular weight excluding hydrogens is 614 g/mol. The molecule has 47 heavy (non-hydrogen) atoms. The first-order chi connectivity index (χ1) is 22.6. The van der Waals surface area contributed by atoms with Gasteiger partial charge in [0, 0.05) is 73.5 Å². The third kappa shape index (κ3) is 7.63. The number of hydrogen-bond acceptors (Lipinski definition) is 8. The average Bonchev–Trinajstić information content (AvgIpc) is 3.24. The standard InChI is InChI=1S/C36H49N5O5S/c1-7-31(42)41-16-10-12-27(34(47)38-41)35(43)46-23-36(4,5)22-29-28-21-25(39-17-19-45-20-18-39)13-14-30(28)40(8-2)33(29)26-11-9-15-37-32(26)24(3)44-6/h9,11,13-15,21,24,27H,7-8,10,12,16-20,22-23H2,1-6H3,(H,38,47)/t24-,27+/m0/s1. The molecule has 0 spiro atoms. The Balaban J connectivity index is 1.49. The number of esters is 1. The Morgan fingerprint density at radius 3 is 2.64 bits per heavy atom. The molecular formula is C36H49N5O5S. The van der Waals surface area contributed by atoms with Crippen molar-refractivity contribution < 1.29 is 23.8 Å². The van der Waals surface area contributed by atoms with E-state index in [1.54, 1.807) is 7.11 Å². The third-order valence-corrected chi connectivity index (χ3v) is 9.64. The number of ether oxygens (including phenoxy) is 3. The lowest BCUT2D eigenvalue weighted by Gasteiger charge is -2.29. The van der Waals surface area contributed by atoms with Gasteiger partial charge in [-0.05, 0) is 69.0 Å². The highest BCUT2D eigenvalue weighted by Gasteiger charge is 2.33. The molecule has 3 aromatic rings. The lowest BCUT2D eigenvalue weighted by atomic mass is 9.84. The summed E-state index contributed by atoms with van der Waals surface area (Å²) in [7, 11) is 1.71. The summed E-state index contributed by atoms with van der Waals surface area (Å²) in [6.07, 6.45) is 3.86. The first-order valence-corrected chi connectivity index (χ1v) is 17.2. The van der Waals surface area contributed by atoms with Crippen LogP contribution in [0.5, 0.6) is 0 Å². The largest absolute Gasteiger partial charge is 0.465 e. The fraction of sp³-hybridized carbons (Fsp3) is 0.556. The van der Waals surface area contributed by atoms with Crippen molar-refractivity contribution >= 4 is 45.7 Å². The average molecular weight is 664 g/mol. The number of nitrogens with one attached hydrogen (secondary N) is 1. The van der Waals surface area contributed by atoms with E-state index in [1.807, 2.05) is 26.1 Å². The number of pyridine rings is 1. The van der Waals surface area contributed by atoms with Crippen molar-refractivity contribution in [1.82, 2.24) is 20.0 Å². The number of carbonyl (C=O) groups excluding carboxylic acids is 2. The predicted molar refractivity (Wildman–Crippen MR) is 188 cm³/mol. The minimum atomic E-state index is -0.586. The molecule has 254 valence electrons. The molecule has 10 nitrogen and oxygen atoms in total. The second-order valence-corrected chi connectivity index (χ2v) is 13.6. The van der Waals surface area contributed by atoms with Crippen molar-refractivity contribution in [2.24, 2.45) is 11.3 Å².